The number of quaternary nitrogens is 1. The molecule has 0 aromatic heterocycles. The number of allylic oxidation sites excluding steroid dienone is 10. The van der Waals surface area contributed by atoms with Gasteiger partial charge in [-0.2, -0.15) is 0 Å². The summed E-state index contributed by atoms with van der Waals surface area (Å²) in [5.74, 6) is -0.349. The number of unbranched alkanes of at least 4 members (excludes halogenated alkanes) is 16. The second-order valence-corrected chi connectivity index (χ2v) is 17.1. The summed E-state index contributed by atoms with van der Waals surface area (Å²) in [4.78, 5) is 25.1. The van der Waals surface area contributed by atoms with Crippen LogP contribution in [0.5, 0.6) is 0 Å². The summed E-state index contributed by atoms with van der Waals surface area (Å²) in [6, 6.07) is 0. The first-order chi connectivity index (χ1) is 26.6. The Kier molecular flexibility index (Phi) is 37.8. The summed E-state index contributed by atoms with van der Waals surface area (Å²) in [6.07, 6.45) is 48.0. The van der Waals surface area contributed by atoms with Crippen molar-refractivity contribution in [1.82, 2.24) is 0 Å². The molecule has 0 saturated carbocycles. The lowest BCUT2D eigenvalue weighted by atomic mass is 10.1. The van der Waals surface area contributed by atoms with E-state index >= 15 is 0 Å². The van der Waals surface area contributed by atoms with Crippen LogP contribution in [0.4, 0.5) is 0 Å². The molecule has 55 heavy (non-hydrogen) atoms. The highest BCUT2D eigenvalue weighted by Gasteiger charge is 2.20. The molecule has 0 heterocycles. The number of carbonyl (C=O) groups excluding carboxylic acids is 1. The van der Waals surface area contributed by atoms with Gasteiger partial charge < -0.3 is 27.9 Å². The molecule has 0 aromatic rings. The van der Waals surface area contributed by atoms with Gasteiger partial charge in [0, 0.05) is 13.0 Å². The molecule has 320 valence electrons. The van der Waals surface area contributed by atoms with E-state index in [1.165, 1.54) is 70.6 Å². The maximum Gasteiger partial charge on any atom is 0.306 e. The largest absolute Gasteiger partial charge is 0.756 e. The quantitative estimate of drug-likeness (QED) is 0.0200. The van der Waals surface area contributed by atoms with Gasteiger partial charge in [0.05, 0.1) is 34.4 Å². The maximum absolute atomic E-state index is 12.7. The minimum Gasteiger partial charge on any atom is -0.756 e. The van der Waals surface area contributed by atoms with E-state index in [9.17, 15) is 14.3 Å². The van der Waals surface area contributed by atoms with E-state index < -0.39 is 13.9 Å². The number of rotatable bonds is 40. The Bertz CT molecular complexity index is 1060. The van der Waals surface area contributed by atoms with Gasteiger partial charge in [-0.15, -0.1) is 0 Å². The summed E-state index contributed by atoms with van der Waals surface area (Å²) in [5.41, 5.74) is 0. The summed E-state index contributed by atoms with van der Waals surface area (Å²) in [7, 11) is 1.33. The predicted molar refractivity (Wildman–Crippen MR) is 231 cm³/mol. The van der Waals surface area contributed by atoms with Crippen LogP contribution in [0.2, 0.25) is 0 Å². The van der Waals surface area contributed by atoms with Crippen molar-refractivity contribution in [2.24, 2.45) is 0 Å². The van der Waals surface area contributed by atoms with E-state index in [4.69, 9.17) is 18.5 Å². The number of phosphoric ester groups is 1. The van der Waals surface area contributed by atoms with Crippen molar-refractivity contribution in [1.29, 1.82) is 0 Å². The second kappa shape index (κ2) is 39.0. The monoisotopic (exact) mass is 794 g/mol. The number of hydrogen-bond acceptors (Lipinski definition) is 7. The van der Waals surface area contributed by atoms with Crippen molar-refractivity contribution in [2.45, 2.75) is 174 Å². The van der Waals surface area contributed by atoms with E-state index in [-0.39, 0.29) is 25.8 Å². The van der Waals surface area contributed by atoms with Crippen LogP contribution in [0.25, 0.3) is 0 Å². The zero-order valence-corrected chi connectivity index (χ0v) is 37.0. The fourth-order valence-electron chi connectivity index (χ4n) is 5.65. The molecule has 0 spiro atoms. The molecule has 9 heteroatoms. The van der Waals surface area contributed by atoms with Crippen LogP contribution < -0.4 is 4.89 Å². The van der Waals surface area contributed by atoms with E-state index in [1.807, 2.05) is 21.1 Å². The van der Waals surface area contributed by atoms with Gasteiger partial charge in [-0.3, -0.25) is 9.36 Å². The normalized spacial score (nSPS) is 14.4. The first-order valence-electron chi connectivity index (χ1n) is 22.0. The third kappa shape index (κ3) is 43.2. The van der Waals surface area contributed by atoms with E-state index in [2.05, 4.69) is 74.6 Å². The van der Waals surface area contributed by atoms with Gasteiger partial charge in [0.2, 0.25) is 0 Å². The Morgan fingerprint density at radius 2 is 1.05 bits per heavy atom. The Morgan fingerprint density at radius 1 is 0.582 bits per heavy atom. The zero-order valence-electron chi connectivity index (χ0n) is 36.1. The first-order valence-corrected chi connectivity index (χ1v) is 23.5. The average molecular weight is 794 g/mol. The predicted octanol–water partition coefficient (Wildman–Crippen LogP) is 12.3. The number of nitrogens with zero attached hydrogens (tertiary/aromatic N) is 1. The highest BCUT2D eigenvalue weighted by atomic mass is 31.2. The second-order valence-electron chi connectivity index (χ2n) is 15.7. The fraction of sp³-hybridized carbons (Fsp3) is 0.761. The molecule has 0 bridgehead atoms. The molecule has 0 aliphatic carbocycles. The van der Waals surface area contributed by atoms with Crippen molar-refractivity contribution < 1.29 is 37.3 Å². The summed E-state index contributed by atoms with van der Waals surface area (Å²) in [6.45, 7) is 5.22. The number of hydrogen-bond donors (Lipinski definition) is 0. The lowest BCUT2D eigenvalue weighted by Gasteiger charge is -2.28. The third-order valence-electron chi connectivity index (χ3n) is 9.05. The van der Waals surface area contributed by atoms with E-state index in [0.29, 0.717) is 24.1 Å². The molecule has 8 nitrogen and oxygen atoms in total. The average Bonchev–Trinajstić information content (AvgIpc) is 3.13. The zero-order chi connectivity index (χ0) is 40.6. The smallest absolute Gasteiger partial charge is 0.306 e. The molecule has 0 saturated heterocycles. The van der Waals surface area contributed by atoms with Crippen LogP contribution in [0.15, 0.2) is 60.8 Å². The number of likely N-dealkylation sites (N-methyl/N-ethyl adjacent to an activating group) is 1. The van der Waals surface area contributed by atoms with E-state index in [1.54, 1.807) is 0 Å². The van der Waals surface area contributed by atoms with Crippen LogP contribution in [0, 0.1) is 0 Å². The first kappa shape index (κ1) is 53.2. The van der Waals surface area contributed by atoms with Gasteiger partial charge in [0.1, 0.15) is 19.3 Å². The SMILES string of the molecule is CC/C=C\C/C=C\C/C=C\CCCCCCCCOCC(COP(=O)([O-])OCC[N+](C)(C)C)OC(=O)CCCCCCCCC/C=C\C/C=C\CCCCC. The molecule has 0 aliphatic rings. The number of carbonyl (C=O) groups is 1. The number of ether oxygens (including phenoxy) is 2. The van der Waals surface area contributed by atoms with Gasteiger partial charge >= 0.3 is 5.97 Å². The molecule has 0 amide bonds. The molecule has 0 N–H and O–H groups in total. The summed E-state index contributed by atoms with van der Waals surface area (Å²) >= 11 is 0. The van der Waals surface area contributed by atoms with E-state index in [0.717, 1.165) is 77.0 Å². The van der Waals surface area contributed by atoms with Gasteiger partial charge in [-0.25, -0.2) is 0 Å². The van der Waals surface area contributed by atoms with Crippen LogP contribution in [0.1, 0.15) is 168 Å². The van der Waals surface area contributed by atoms with Crippen molar-refractivity contribution in [3.8, 4) is 0 Å². The van der Waals surface area contributed by atoms with Gasteiger partial charge in [0.25, 0.3) is 7.82 Å². The number of phosphoric acid groups is 1. The Morgan fingerprint density at radius 3 is 1.58 bits per heavy atom. The molecular weight excluding hydrogens is 709 g/mol. The minimum atomic E-state index is -4.53. The molecule has 0 aliphatic heterocycles. The maximum atomic E-state index is 12.7. The Hall–Kier alpha value is -1.80. The Labute approximate surface area is 339 Å². The number of esters is 1. The molecular formula is C46H84NO7P. The fourth-order valence-corrected chi connectivity index (χ4v) is 6.38. The highest BCUT2D eigenvalue weighted by molar-refractivity contribution is 7.45. The van der Waals surface area contributed by atoms with Gasteiger partial charge in [0.15, 0.2) is 0 Å². The summed E-state index contributed by atoms with van der Waals surface area (Å²) in [5, 5.41) is 0. The molecule has 0 radical (unpaired) electrons. The molecule has 2 atom stereocenters. The van der Waals surface area contributed by atoms with Crippen LogP contribution in [-0.4, -0.2) is 70.7 Å². The van der Waals surface area contributed by atoms with Crippen molar-refractivity contribution >= 4 is 13.8 Å². The lowest BCUT2D eigenvalue weighted by molar-refractivity contribution is -0.870. The molecule has 0 aromatic carbocycles. The Balaban J connectivity index is 4.28. The molecule has 0 fully saturated rings. The molecule has 2 unspecified atom stereocenters. The van der Waals surface area contributed by atoms with Crippen LogP contribution in [0.3, 0.4) is 0 Å². The summed E-state index contributed by atoms with van der Waals surface area (Å²) < 4.78 is 34.6. The van der Waals surface area contributed by atoms with Crippen molar-refractivity contribution in [2.75, 3.05) is 54.1 Å². The molecule has 0 rings (SSSR count). The highest BCUT2D eigenvalue weighted by Crippen LogP contribution is 2.38. The van der Waals surface area contributed by atoms with Crippen LogP contribution >= 0.6 is 7.82 Å². The third-order valence-corrected chi connectivity index (χ3v) is 10.0. The minimum absolute atomic E-state index is 0.0190. The standard InChI is InChI=1S/C46H84NO7P/c1-6-8-10-12-14-16-18-20-22-24-25-27-29-31-33-35-37-39-46(48)54-45(44-53-55(49,50)52-42-40-47(3,4)5)43-51-41-38-36-34-32-30-28-26-23-21-19-17-15-13-11-9-7-2/h9,11,14-17,20-23,45H,6-8,10,12-13,18-19,24-44H2,1-5H3/b11-9-,16-14-,17-15-,22-20-,23-21-. The topological polar surface area (TPSA) is 94.1 Å². The van der Waals surface area contributed by atoms with Gasteiger partial charge in [-0.05, 0) is 77.0 Å². The van der Waals surface area contributed by atoms with Gasteiger partial charge in [-0.1, -0.05) is 145 Å². The van der Waals surface area contributed by atoms with Crippen molar-refractivity contribution in [3.05, 3.63) is 60.8 Å². The lowest BCUT2D eigenvalue weighted by Crippen LogP contribution is -2.37. The van der Waals surface area contributed by atoms with Crippen LogP contribution in [-0.2, 0) is 27.9 Å². The van der Waals surface area contributed by atoms with Crippen molar-refractivity contribution in [3.63, 3.8) is 0 Å².